The van der Waals surface area contributed by atoms with Crippen LogP contribution in [0.25, 0.3) is 0 Å². The number of carbonyl (C=O) groups excluding carboxylic acids is 2. The van der Waals surface area contributed by atoms with E-state index in [2.05, 4.69) is 17.6 Å². The third-order valence-corrected chi connectivity index (χ3v) is 5.06. The fourth-order valence-electron chi connectivity index (χ4n) is 3.27. The summed E-state index contributed by atoms with van der Waals surface area (Å²) in [5, 5.41) is 6.08. The molecular formula is C20H31N3O2. The number of anilines is 1. The first-order chi connectivity index (χ1) is 12.0. The molecule has 0 unspecified atom stereocenters. The van der Waals surface area contributed by atoms with Crippen molar-refractivity contribution in [3.8, 4) is 0 Å². The minimum absolute atomic E-state index is 0.0103. The topological polar surface area (TPSA) is 61.4 Å². The molecule has 2 N–H and O–H groups in total. The number of rotatable bonds is 7. The van der Waals surface area contributed by atoms with Gasteiger partial charge in [-0.2, -0.15) is 0 Å². The summed E-state index contributed by atoms with van der Waals surface area (Å²) < 4.78 is 0. The van der Waals surface area contributed by atoms with Crippen LogP contribution < -0.4 is 10.6 Å². The monoisotopic (exact) mass is 345 g/mol. The third kappa shape index (κ3) is 5.85. The molecule has 25 heavy (non-hydrogen) atoms. The number of nitrogens with zero attached hydrogens (tertiary/aromatic N) is 1. The van der Waals surface area contributed by atoms with Gasteiger partial charge in [-0.25, -0.2) is 0 Å². The number of hydrogen-bond acceptors (Lipinski definition) is 3. The first-order valence-electron chi connectivity index (χ1n) is 9.39. The smallest absolute Gasteiger partial charge is 0.238 e. The normalized spacial score (nSPS) is 16.5. The summed E-state index contributed by atoms with van der Waals surface area (Å²) in [7, 11) is 1.82. The van der Waals surface area contributed by atoms with E-state index in [0.717, 1.165) is 30.5 Å². The van der Waals surface area contributed by atoms with Gasteiger partial charge in [-0.1, -0.05) is 44.4 Å². The summed E-state index contributed by atoms with van der Waals surface area (Å²) in [4.78, 5) is 26.5. The molecule has 1 atom stereocenters. The van der Waals surface area contributed by atoms with Crippen LogP contribution in [0.5, 0.6) is 0 Å². The maximum atomic E-state index is 12.4. The minimum atomic E-state index is -0.325. The minimum Gasteiger partial charge on any atom is -0.352 e. The highest BCUT2D eigenvalue weighted by Crippen LogP contribution is 2.18. The van der Waals surface area contributed by atoms with Gasteiger partial charge in [0.15, 0.2) is 0 Å². The molecule has 0 heterocycles. The maximum absolute atomic E-state index is 12.4. The van der Waals surface area contributed by atoms with Crippen LogP contribution in [-0.2, 0) is 16.0 Å². The van der Waals surface area contributed by atoms with E-state index in [1.165, 1.54) is 19.3 Å². The van der Waals surface area contributed by atoms with Crippen molar-refractivity contribution >= 4 is 17.5 Å². The Balaban J connectivity index is 1.83. The van der Waals surface area contributed by atoms with E-state index in [-0.39, 0.29) is 24.4 Å². The van der Waals surface area contributed by atoms with Crippen LogP contribution in [0, 0.1) is 0 Å². The molecule has 1 aliphatic rings. The van der Waals surface area contributed by atoms with Gasteiger partial charge in [-0.15, -0.1) is 0 Å². The summed E-state index contributed by atoms with van der Waals surface area (Å²) in [5.41, 5.74) is 1.96. The summed E-state index contributed by atoms with van der Waals surface area (Å²) in [6, 6.07) is 7.78. The zero-order valence-corrected chi connectivity index (χ0v) is 15.7. The molecule has 0 spiro atoms. The molecule has 1 fully saturated rings. The van der Waals surface area contributed by atoms with E-state index < -0.39 is 0 Å². The molecule has 5 heteroatoms. The Morgan fingerprint density at radius 1 is 1.20 bits per heavy atom. The molecule has 1 aliphatic carbocycles. The van der Waals surface area contributed by atoms with Gasteiger partial charge in [0.05, 0.1) is 12.6 Å². The second-order valence-electron chi connectivity index (χ2n) is 6.99. The van der Waals surface area contributed by atoms with Crippen molar-refractivity contribution in [1.29, 1.82) is 0 Å². The van der Waals surface area contributed by atoms with E-state index in [1.807, 2.05) is 38.2 Å². The first-order valence-corrected chi connectivity index (χ1v) is 9.39. The first kappa shape index (κ1) is 19.4. The van der Waals surface area contributed by atoms with Crippen molar-refractivity contribution in [1.82, 2.24) is 10.2 Å². The lowest BCUT2D eigenvalue weighted by molar-refractivity contribution is -0.127. The lowest BCUT2D eigenvalue weighted by Gasteiger charge is -2.28. The van der Waals surface area contributed by atoms with Gasteiger partial charge < -0.3 is 10.6 Å². The predicted molar refractivity (Wildman–Crippen MR) is 102 cm³/mol. The van der Waals surface area contributed by atoms with Crippen LogP contribution >= 0.6 is 0 Å². The van der Waals surface area contributed by atoms with E-state index in [0.29, 0.717) is 6.04 Å². The van der Waals surface area contributed by atoms with Crippen LogP contribution in [-0.4, -0.2) is 42.4 Å². The summed E-state index contributed by atoms with van der Waals surface area (Å²) in [6.07, 6.45) is 6.64. The standard InChI is InChI=1S/C20H31N3O2/c1-4-16-10-8-9-13-18(16)22-19(24)14-23(3)15(2)20(25)21-17-11-6-5-7-12-17/h8-10,13,15,17H,4-7,11-12,14H2,1-3H3,(H,21,25)(H,22,24)/t15-/m0/s1. The van der Waals surface area contributed by atoms with Crippen molar-refractivity contribution in [3.63, 3.8) is 0 Å². The zero-order chi connectivity index (χ0) is 18.2. The largest absolute Gasteiger partial charge is 0.352 e. The number of carbonyl (C=O) groups is 2. The average molecular weight is 345 g/mol. The Kier molecular flexibility index (Phi) is 7.44. The van der Waals surface area contributed by atoms with E-state index in [1.54, 1.807) is 4.90 Å². The number of aryl methyl sites for hydroxylation is 1. The Labute approximate surface area is 151 Å². The Bertz CT molecular complexity index is 582. The van der Waals surface area contributed by atoms with Gasteiger partial charge in [0.25, 0.3) is 0 Å². The van der Waals surface area contributed by atoms with Crippen molar-refractivity contribution in [2.45, 2.75) is 64.5 Å². The molecule has 0 aromatic heterocycles. The molecule has 138 valence electrons. The summed E-state index contributed by atoms with van der Waals surface area (Å²) >= 11 is 0. The average Bonchev–Trinajstić information content (AvgIpc) is 2.62. The van der Waals surface area contributed by atoms with Crippen molar-refractivity contribution < 1.29 is 9.59 Å². The van der Waals surface area contributed by atoms with Gasteiger partial charge in [-0.05, 0) is 44.9 Å². The van der Waals surface area contributed by atoms with Crippen LogP contribution in [0.2, 0.25) is 0 Å². The van der Waals surface area contributed by atoms with E-state index in [4.69, 9.17) is 0 Å². The van der Waals surface area contributed by atoms with Crippen LogP contribution in [0.3, 0.4) is 0 Å². The SMILES string of the molecule is CCc1ccccc1NC(=O)CN(C)[C@@H](C)C(=O)NC1CCCCC1. The summed E-state index contributed by atoms with van der Waals surface area (Å²) in [5.74, 6) is -0.0862. The van der Waals surface area contributed by atoms with Crippen LogP contribution in [0.15, 0.2) is 24.3 Å². The molecule has 5 nitrogen and oxygen atoms in total. The zero-order valence-electron chi connectivity index (χ0n) is 15.7. The molecule has 2 amide bonds. The van der Waals surface area contributed by atoms with Crippen LogP contribution in [0.4, 0.5) is 5.69 Å². The lowest BCUT2D eigenvalue weighted by Crippen LogP contribution is -2.49. The Hall–Kier alpha value is -1.88. The van der Waals surface area contributed by atoms with Gasteiger partial charge in [0.2, 0.25) is 11.8 Å². The molecule has 0 radical (unpaired) electrons. The summed E-state index contributed by atoms with van der Waals surface area (Å²) in [6.45, 7) is 4.11. The molecule has 0 saturated heterocycles. The van der Waals surface area contributed by atoms with Gasteiger partial charge in [-0.3, -0.25) is 14.5 Å². The second-order valence-corrected chi connectivity index (χ2v) is 6.99. The number of likely N-dealkylation sites (N-methyl/N-ethyl adjacent to an activating group) is 1. The van der Waals surface area contributed by atoms with Gasteiger partial charge >= 0.3 is 0 Å². The number of nitrogens with one attached hydrogen (secondary N) is 2. The molecule has 0 aliphatic heterocycles. The quantitative estimate of drug-likeness (QED) is 0.799. The van der Waals surface area contributed by atoms with Crippen molar-refractivity contribution in [2.75, 3.05) is 18.9 Å². The van der Waals surface area contributed by atoms with Crippen LogP contribution in [0.1, 0.15) is 51.5 Å². The highest BCUT2D eigenvalue weighted by atomic mass is 16.2. The Morgan fingerprint density at radius 2 is 1.88 bits per heavy atom. The number of amides is 2. The van der Waals surface area contributed by atoms with E-state index in [9.17, 15) is 9.59 Å². The molecule has 1 aromatic rings. The predicted octanol–water partition coefficient (Wildman–Crippen LogP) is 2.96. The fraction of sp³-hybridized carbons (Fsp3) is 0.600. The molecular weight excluding hydrogens is 314 g/mol. The number of benzene rings is 1. The molecule has 2 rings (SSSR count). The third-order valence-electron chi connectivity index (χ3n) is 5.06. The van der Waals surface area contributed by atoms with Crippen molar-refractivity contribution in [3.05, 3.63) is 29.8 Å². The maximum Gasteiger partial charge on any atom is 0.238 e. The van der Waals surface area contributed by atoms with Gasteiger partial charge in [0, 0.05) is 11.7 Å². The van der Waals surface area contributed by atoms with E-state index >= 15 is 0 Å². The fourth-order valence-corrected chi connectivity index (χ4v) is 3.27. The van der Waals surface area contributed by atoms with Crippen molar-refractivity contribution in [2.24, 2.45) is 0 Å². The number of hydrogen-bond donors (Lipinski definition) is 2. The number of para-hydroxylation sites is 1. The van der Waals surface area contributed by atoms with Gasteiger partial charge in [0.1, 0.15) is 0 Å². The second kappa shape index (κ2) is 9.56. The molecule has 1 saturated carbocycles. The highest BCUT2D eigenvalue weighted by Gasteiger charge is 2.23. The molecule has 1 aromatic carbocycles. The Morgan fingerprint density at radius 3 is 2.56 bits per heavy atom. The molecule has 0 bridgehead atoms. The highest BCUT2D eigenvalue weighted by molar-refractivity contribution is 5.93. The lowest BCUT2D eigenvalue weighted by atomic mass is 9.95.